The lowest BCUT2D eigenvalue weighted by atomic mass is 10.1. The molecule has 0 bridgehead atoms. The number of hydrogen-bond donors (Lipinski definition) is 2. The van der Waals surface area contributed by atoms with Gasteiger partial charge < -0.3 is 10.3 Å². The molecule has 116 valence electrons. The molecule has 1 amide bonds. The molecular formula is C19H13N3O2. The van der Waals surface area contributed by atoms with Gasteiger partial charge in [0.05, 0.1) is 11.2 Å². The third-order valence-corrected chi connectivity index (χ3v) is 3.93. The van der Waals surface area contributed by atoms with E-state index in [1.807, 2.05) is 24.3 Å². The number of nitrogens with one attached hydrogen (secondary N) is 2. The fourth-order valence-corrected chi connectivity index (χ4v) is 2.74. The van der Waals surface area contributed by atoms with Crippen LogP contribution in [0.15, 0.2) is 71.8 Å². The van der Waals surface area contributed by atoms with E-state index >= 15 is 0 Å². The van der Waals surface area contributed by atoms with Gasteiger partial charge in [-0.2, -0.15) is 0 Å². The van der Waals surface area contributed by atoms with Gasteiger partial charge in [0, 0.05) is 28.7 Å². The highest BCUT2D eigenvalue weighted by Gasteiger charge is 2.14. The largest absolute Gasteiger partial charge is 0.360 e. The number of H-pyrrole nitrogens is 1. The van der Waals surface area contributed by atoms with Gasteiger partial charge in [-0.3, -0.25) is 14.6 Å². The molecule has 0 spiro atoms. The third-order valence-electron chi connectivity index (χ3n) is 3.93. The molecule has 2 aromatic heterocycles. The van der Waals surface area contributed by atoms with Gasteiger partial charge in [-0.15, -0.1) is 0 Å². The molecule has 0 saturated carbocycles. The van der Waals surface area contributed by atoms with Crippen molar-refractivity contribution in [1.29, 1.82) is 0 Å². The summed E-state index contributed by atoms with van der Waals surface area (Å²) in [4.78, 5) is 32.4. The molecule has 5 heteroatoms. The first-order valence-corrected chi connectivity index (χ1v) is 7.49. The number of carbonyl (C=O) groups excluding carboxylic acids is 1. The average Bonchev–Trinajstić information content (AvgIpc) is 2.62. The van der Waals surface area contributed by atoms with E-state index in [4.69, 9.17) is 0 Å². The van der Waals surface area contributed by atoms with Crippen LogP contribution in [0.2, 0.25) is 0 Å². The zero-order valence-electron chi connectivity index (χ0n) is 12.6. The Morgan fingerprint density at radius 2 is 1.79 bits per heavy atom. The summed E-state index contributed by atoms with van der Waals surface area (Å²) < 4.78 is 0. The fourth-order valence-electron chi connectivity index (χ4n) is 2.74. The Labute approximate surface area is 137 Å². The van der Waals surface area contributed by atoms with Crippen molar-refractivity contribution in [3.8, 4) is 0 Å². The lowest BCUT2D eigenvalue weighted by Gasteiger charge is -2.08. The highest BCUT2D eigenvalue weighted by Crippen LogP contribution is 2.21. The molecule has 0 atom stereocenters. The van der Waals surface area contributed by atoms with Crippen molar-refractivity contribution in [2.24, 2.45) is 0 Å². The summed E-state index contributed by atoms with van der Waals surface area (Å²) in [6.07, 6.45) is 3.14. The van der Waals surface area contributed by atoms with Crippen LogP contribution < -0.4 is 10.7 Å². The van der Waals surface area contributed by atoms with Crippen LogP contribution in [-0.2, 0) is 0 Å². The zero-order chi connectivity index (χ0) is 16.5. The first kappa shape index (κ1) is 14.1. The maximum atomic E-state index is 12.6. The van der Waals surface area contributed by atoms with E-state index in [0.29, 0.717) is 16.6 Å². The highest BCUT2D eigenvalue weighted by molar-refractivity contribution is 6.09. The number of amides is 1. The molecule has 2 N–H and O–H groups in total. The maximum Gasteiger partial charge on any atom is 0.261 e. The topological polar surface area (TPSA) is 74.8 Å². The highest BCUT2D eigenvalue weighted by atomic mass is 16.2. The van der Waals surface area contributed by atoms with E-state index in [-0.39, 0.29) is 11.0 Å². The Balaban J connectivity index is 1.77. The maximum absolute atomic E-state index is 12.6. The summed E-state index contributed by atoms with van der Waals surface area (Å²) in [5.74, 6) is -0.446. The van der Waals surface area contributed by atoms with Crippen molar-refractivity contribution in [2.45, 2.75) is 0 Å². The number of hydrogen-bond acceptors (Lipinski definition) is 3. The van der Waals surface area contributed by atoms with E-state index < -0.39 is 5.91 Å². The van der Waals surface area contributed by atoms with Gasteiger partial charge in [0.15, 0.2) is 0 Å². The summed E-state index contributed by atoms with van der Waals surface area (Å²) in [5, 5.41) is 4.12. The van der Waals surface area contributed by atoms with Crippen molar-refractivity contribution in [3.05, 3.63) is 82.8 Å². The SMILES string of the molecule is O=C(Nc1cccc2ncccc12)c1c[nH]c2ccccc2c1=O. The minimum atomic E-state index is -0.446. The second-order valence-electron chi connectivity index (χ2n) is 5.41. The average molecular weight is 315 g/mol. The minimum Gasteiger partial charge on any atom is -0.360 e. The van der Waals surface area contributed by atoms with Crippen LogP contribution in [-0.4, -0.2) is 15.9 Å². The fraction of sp³-hybridized carbons (Fsp3) is 0. The number of pyridine rings is 2. The Hall–Kier alpha value is -3.47. The number of para-hydroxylation sites is 1. The van der Waals surface area contributed by atoms with Gasteiger partial charge in [-0.05, 0) is 36.4 Å². The molecular weight excluding hydrogens is 302 g/mol. The third kappa shape index (κ3) is 2.32. The number of benzene rings is 2. The van der Waals surface area contributed by atoms with Crippen LogP contribution >= 0.6 is 0 Å². The van der Waals surface area contributed by atoms with Crippen molar-refractivity contribution in [3.63, 3.8) is 0 Å². The molecule has 0 saturated heterocycles. The molecule has 4 rings (SSSR count). The Morgan fingerprint density at radius 3 is 2.71 bits per heavy atom. The van der Waals surface area contributed by atoms with E-state index in [1.54, 1.807) is 36.5 Å². The standard InChI is InChI=1S/C19H13N3O2/c23-18-13-5-1-2-7-16(13)21-11-14(18)19(24)22-17-9-3-8-15-12(17)6-4-10-20-15/h1-11H,(H,21,23)(H,22,24). The van der Waals surface area contributed by atoms with Gasteiger partial charge >= 0.3 is 0 Å². The summed E-state index contributed by atoms with van der Waals surface area (Å²) in [6.45, 7) is 0. The number of aromatic nitrogens is 2. The second-order valence-corrected chi connectivity index (χ2v) is 5.41. The number of aromatic amines is 1. The quantitative estimate of drug-likeness (QED) is 0.596. The molecule has 0 aliphatic rings. The predicted octanol–water partition coefficient (Wildman–Crippen LogP) is 3.33. The number of rotatable bonds is 2. The lowest BCUT2D eigenvalue weighted by Crippen LogP contribution is -2.22. The van der Waals surface area contributed by atoms with Crippen LogP contribution in [0.3, 0.4) is 0 Å². The Kier molecular flexibility index (Phi) is 3.31. The van der Waals surface area contributed by atoms with E-state index in [0.717, 1.165) is 10.9 Å². The monoisotopic (exact) mass is 315 g/mol. The van der Waals surface area contributed by atoms with Crippen molar-refractivity contribution >= 4 is 33.4 Å². The molecule has 4 aromatic rings. The van der Waals surface area contributed by atoms with Crippen LogP contribution in [0.25, 0.3) is 21.8 Å². The number of fused-ring (bicyclic) bond motifs is 2. The number of anilines is 1. The molecule has 0 fully saturated rings. The minimum absolute atomic E-state index is 0.0783. The lowest BCUT2D eigenvalue weighted by molar-refractivity contribution is 0.102. The Morgan fingerprint density at radius 1 is 0.958 bits per heavy atom. The molecule has 2 aromatic carbocycles. The Bertz CT molecular complexity index is 1130. The number of nitrogens with zero attached hydrogens (tertiary/aromatic N) is 1. The van der Waals surface area contributed by atoms with Gasteiger partial charge in [0.2, 0.25) is 5.43 Å². The van der Waals surface area contributed by atoms with Gasteiger partial charge in [0.1, 0.15) is 5.56 Å². The van der Waals surface area contributed by atoms with Crippen LogP contribution in [0.4, 0.5) is 5.69 Å². The van der Waals surface area contributed by atoms with Gasteiger partial charge in [0.25, 0.3) is 5.91 Å². The predicted molar refractivity (Wildman–Crippen MR) is 94.3 cm³/mol. The molecule has 0 radical (unpaired) electrons. The molecule has 24 heavy (non-hydrogen) atoms. The van der Waals surface area contributed by atoms with E-state index in [9.17, 15) is 9.59 Å². The molecule has 0 aliphatic carbocycles. The summed E-state index contributed by atoms with van der Waals surface area (Å²) >= 11 is 0. The second kappa shape index (κ2) is 5.62. The summed E-state index contributed by atoms with van der Waals surface area (Å²) in [5.41, 5.74) is 1.89. The van der Waals surface area contributed by atoms with Crippen molar-refractivity contribution < 1.29 is 4.79 Å². The first-order chi connectivity index (χ1) is 11.7. The van der Waals surface area contributed by atoms with Gasteiger partial charge in [-0.1, -0.05) is 18.2 Å². The van der Waals surface area contributed by atoms with Gasteiger partial charge in [-0.25, -0.2) is 0 Å². The normalized spacial score (nSPS) is 10.8. The van der Waals surface area contributed by atoms with Crippen LogP contribution in [0.1, 0.15) is 10.4 Å². The van der Waals surface area contributed by atoms with Crippen LogP contribution in [0.5, 0.6) is 0 Å². The zero-order valence-corrected chi connectivity index (χ0v) is 12.6. The van der Waals surface area contributed by atoms with Crippen molar-refractivity contribution in [2.75, 3.05) is 5.32 Å². The first-order valence-electron chi connectivity index (χ1n) is 7.49. The summed E-state index contributed by atoms with van der Waals surface area (Å²) in [7, 11) is 0. The number of carbonyl (C=O) groups is 1. The van der Waals surface area contributed by atoms with E-state index in [2.05, 4.69) is 15.3 Å². The molecule has 0 aliphatic heterocycles. The smallest absolute Gasteiger partial charge is 0.261 e. The van der Waals surface area contributed by atoms with Crippen molar-refractivity contribution in [1.82, 2.24) is 9.97 Å². The molecule has 0 unspecified atom stereocenters. The van der Waals surface area contributed by atoms with Crippen LogP contribution in [0, 0.1) is 0 Å². The molecule has 5 nitrogen and oxygen atoms in total. The molecule has 2 heterocycles. The van der Waals surface area contributed by atoms with E-state index in [1.165, 1.54) is 6.20 Å². The summed E-state index contributed by atoms with van der Waals surface area (Å²) in [6, 6.07) is 16.3.